The lowest BCUT2D eigenvalue weighted by Crippen LogP contribution is -2.11. The molecule has 0 saturated carbocycles. The third kappa shape index (κ3) is 3.60. The number of aryl methyl sites for hydroxylation is 1. The summed E-state index contributed by atoms with van der Waals surface area (Å²) >= 11 is 1.09. The first-order valence-corrected chi connectivity index (χ1v) is 8.38. The number of amides is 1. The second-order valence-electron chi connectivity index (χ2n) is 5.23. The average molecular weight is 339 g/mol. The van der Waals surface area contributed by atoms with Crippen molar-refractivity contribution in [3.8, 4) is 17.0 Å². The molecular weight excluding hydrogens is 322 g/mol. The zero-order valence-corrected chi connectivity index (χ0v) is 14.3. The van der Waals surface area contributed by atoms with Crippen LogP contribution in [0.25, 0.3) is 11.3 Å². The highest BCUT2D eigenvalue weighted by molar-refractivity contribution is 7.08. The Morgan fingerprint density at radius 2 is 1.83 bits per heavy atom. The van der Waals surface area contributed by atoms with E-state index in [2.05, 4.69) is 14.9 Å². The highest BCUT2D eigenvalue weighted by Gasteiger charge is 2.18. The molecule has 24 heavy (non-hydrogen) atoms. The monoisotopic (exact) mass is 339 g/mol. The Bertz CT molecular complexity index is 826. The van der Waals surface area contributed by atoms with Gasteiger partial charge in [0.15, 0.2) is 0 Å². The van der Waals surface area contributed by atoms with Gasteiger partial charge < -0.3 is 10.1 Å². The lowest BCUT2D eigenvalue weighted by Gasteiger charge is -2.07. The number of rotatable bonds is 5. The lowest BCUT2D eigenvalue weighted by atomic mass is 10.1. The summed E-state index contributed by atoms with van der Waals surface area (Å²) in [6.45, 7) is 4.56. The largest absolute Gasteiger partial charge is 0.494 e. The van der Waals surface area contributed by atoms with Gasteiger partial charge in [0.25, 0.3) is 5.91 Å². The average Bonchev–Trinajstić information content (AvgIpc) is 3.07. The Balaban J connectivity index is 1.78. The van der Waals surface area contributed by atoms with E-state index in [1.165, 1.54) is 0 Å². The van der Waals surface area contributed by atoms with Gasteiger partial charge in [-0.2, -0.15) is 0 Å². The number of aromatic nitrogens is 2. The number of hydrogen-bond donors (Lipinski definition) is 1. The number of carbonyl (C=O) groups is 1. The van der Waals surface area contributed by atoms with Gasteiger partial charge in [0.2, 0.25) is 0 Å². The number of ether oxygens (including phenoxy) is 1. The first-order valence-electron chi connectivity index (χ1n) is 7.61. The Labute approximate surface area is 144 Å². The van der Waals surface area contributed by atoms with E-state index in [9.17, 15) is 4.79 Å². The van der Waals surface area contributed by atoms with Gasteiger partial charge in [0, 0.05) is 11.3 Å². The SMILES string of the molecule is CCOc1ccc(NC(=O)c2snnc2-c2ccc(C)cc2)cc1. The van der Waals surface area contributed by atoms with Crippen molar-refractivity contribution in [2.45, 2.75) is 13.8 Å². The van der Waals surface area contributed by atoms with Crippen molar-refractivity contribution in [3.05, 3.63) is 59.0 Å². The molecule has 0 bridgehead atoms. The highest BCUT2D eigenvalue weighted by atomic mass is 32.1. The Hall–Kier alpha value is -2.73. The molecule has 1 N–H and O–H groups in total. The zero-order chi connectivity index (χ0) is 16.9. The molecule has 0 unspecified atom stereocenters. The first kappa shape index (κ1) is 16.1. The number of nitrogens with one attached hydrogen (secondary N) is 1. The molecule has 0 spiro atoms. The van der Waals surface area contributed by atoms with E-state index in [0.29, 0.717) is 22.9 Å². The van der Waals surface area contributed by atoms with Crippen LogP contribution >= 0.6 is 11.5 Å². The van der Waals surface area contributed by atoms with Gasteiger partial charge >= 0.3 is 0 Å². The summed E-state index contributed by atoms with van der Waals surface area (Å²) in [5.41, 5.74) is 3.34. The van der Waals surface area contributed by atoms with E-state index in [0.717, 1.165) is 28.4 Å². The van der Waals surface area contributed by atoms with Gasteiger partial charge in [0.1, 0.15) is 16.3 Å². The standard InChI is InChI=1S/C18H17N3O2S/c1-3-23-15-10-8-14(9-11-15)19-18(22)17-16(20-21-24-17)13-6-4-12(2)5-7-13/h4-11H,3H2,1-2H3,(H,19,22). The number of anilines is 1. The van der Waals surface area contributed by atoms with E-state index >= 15 is 0 Å². The molecule has 6 heteroatoms. The minimum Gasteiger partial charge on any atom is -0.494 e. The maximum absolute atomic E-state index is 12.5. The van der Waals surface area contributed by atoms with Crippen molar-refractivity contribution >= 4 is 23.1 Å². The predicted molar refractivity (Wildman–Crippen MR) is 95.6 cm³/mol. The minimum absolute atomic E-state index is 0.218. The van der Waals surface area contributed by atoms with Crippen LogP contribution in [0.2, 0.25) is 0 Å². The van der Waals surface area contributed by atoms with E-state index in [1.54, 1.807) is 0 Å². The molecule has 0 atom stereocenters. The molecule has 0 fully saturated rings. The molecular formula is C18H17N3O2S. The van der Waals surface area contributed by atoms with Crippen LogP contribution in [-0.4, -0.2) is 22.1 Å². The summed E-state index contributed by atoms with van der Waals surface area (Å²) in [6, 6.07) is 15.1. The van der Waals surface area contributed by atoms with Gasteiger partial charge in [0.05, 0.1) is 6.61 Å². The summed E-state index contributed by atoms with van der Waals surface area (Å²) in [5.74, 6) is 0.556. The lowest BCUT2D eigenvalue weighted by molar-refractivity contribution is 0.103. The predicted octanol–water partition coefficient (Wildman–Crippen LogP) is 4.16. The smallest absolute Gasteiger partial charge is 0.269 e. The Morgan fingerprint density at radius 1 is 1.12 bits per heavy atom. The van der Waals surface area contributed by atoms with Gasteiger partial charge in [-0.3, -0.25) is 4.79 Å². The zero-order valence-electron chi connectivity index (χ0n) is 13.4. The fourth-order valence-corrected chi connectivity index (χ4v) is 2.81. The second kappa shape index (κ2) is 7.23. The van der Waals surface area contributed by atoms with Crippen molar-refractivity contribution in [1.29, 1.82) is 0 Å². The molecule has 1 heterocycles. The third-order valence-electron chi connectivity index (χ3n) is 3.44. The van der Waals surface area contributed by atoms with Crippen LogP contribution in [0.5, 0.6) is 5.75 Å². The van der Waals surface area contributed by atoms with Crippen LogP contribution < -0.4 is 10.1 Å². The van der Waals surface area contributed by atoms with Crippen molar-refractivity contribution in [2.24, 2.45) is 0 Å². The maximum atomic E-state index is 12.5. The van der Waals surface area contributed by atoms with E-state index < -0.39 is 0 Å². The van der Waals surface area contributed by atoms with Crippen LogP contribution in [-0.2, 0) is 0 Å². The summed E-state index contributed by atoms with van der Waals surface area (Å²) < 4.78 is 9.33. The van der Waals surface area contributed by atoms with Crippen LogP contribution in [0.4, 0.5) is 5.69 Å². The van der Waals surface area contributed by atoms with E-state index in [4.69, 9.17) is 4.74 Å². The van der Waals surface area contributed by atoms with Crippen LogP contribution in [0.3, 0.4) is 0 Å². The van der Waals surface area contributed by atoms with Crippen molar-refractivity contribution in [3.63, 3.8) is 0 Å². The third-order valence-corrected chi connectivity index (χ3v) is 4.17. The molecule has 2 aromatic carbocycles. The number of hydrogen-bond acceptors (Lipinski definition) is 5. The molecule has 0 radical (unpaired) electrons. The molecule has 1 aromatic heterocycles. The fourth-order valence-electron chi connectivity index (χ4n) is 2.23. The summed E-state index contributed by atoms with van der Waals surface area (Å²) in [6.07, 6.45) is 0. The van der Waals surface area contributed by atoms with Gasteiger partial charge in [-0.05, 0) is 49.6 Å². The number of benzene rings is 2. The van der Waals surface area contributed by atoms with Crippen LogP contribution in [0.15, 0.2) is 48.5 Å². The van der Waals surface area contributed by atoms with Crippen molar-refractivity contribution < 1.29 is 9.53 Å². The Morgan fingerprint density at radius 3 is 2.50 bits per heavy atom. The minimum atomic E-state index is -0.218. The molecule has 1 amide bonds. The fraction of sp³-hybridized carbons (Fsp3) is 0.167. The quantitative estimate of drug-likeness (QED) is 0.758. The molecule has 0 aliphatic rings. The van der Waals surface area contributed by atoms with Crippen LogP contribution in [0.1, 0.15) is 22.2 Å². The highest BCUT2D eigenvalue weighted by Crippen LogP contribution is 2.25. The summed E-state index contributed by atoms with van der Waals surface area (Å²) in [5, 5.41) is 6.98. The Kier molecular flexibility index (Phi) is 4.86. The maximum Gasteiger partial charge on any atom is 0.269 e. The van der Waals surface area contributed by atoms with E-state index in [1.807, 2.05) is 62.4 Å². The number of carbonyl (C=O) groups excluding carboxylic acids is 1. The summed E-state index contributed by atoms with van der Waals surface area (Å²) in [7, 11) is 0. The molecule has 3 aromatic rings. The van der Waals surface area contributed by atoms with Gasteiger partial charge in [-0.25, -0.2) is 0 Å². The van der Waals surface area contributed by atoms with Crippen molar-refractivity contribution in [1.82, 2.24) is 9.59 Å². The summed E-state index contributed by atoms with van der Waals surface area (Å²) in [4.78, 5) is 13.0. The topological polar surface area (TPSA) is 64.1 Å². The van der Waals surface area contributed by atoms with Gasteiger partial charge in [-0.1, -0.05) is 34.3 Å². The second-order valence-corrected chi connectivity index (χ2v) is 5.98. The van der Waals surface area contributed by atoms with Gasteiger partial charge in [-0.15, -0.1) is 5.10 Å². The first-order chi connectivity index (χ1) is 11.7. The molecule has 0 aliphatic carbocycles. The van der Waals surface area contributed by atoms with E-state index in [-0.39, 0.29) is 5.91 Å². The number of nitrogens with zero attached hydrogens (tertiary/aromatic N) is 2. The van der Waals surface area contributed by atoms with Crippen molar-refractivity contribution in [2.75, 3.05) is 11.9 Å². The molecule has 3 rings (SSSR count). The molecule has 5 nitrogen and oxygen atoms in total. The molecule has 122 valence electrons. The molecule has 0 saturated heterocycles. The molecule has 0 aliphatic heterocycles. The normalized spacial score (nSPS) is 10.4. The van der Waals surface area contributed by atoms with Crippen LogP contribution in [0, 0.1) is 6.92 Å².